The van der Waals surface area contributed by atoms with Crippen LogP contribution >= 0.6 is 0 Å². The van der Waals surface area contributed by atoms with Gasteiger partial charge in [0.1, 0.15) is 0 Å². The molecule has 0 amide bonds. The van der Waals surface area contributed by atoms with Crippen LogP contribution in [0.15, 0.2) is 71.5 Å². The summed E-state index contributed by atoms with van der Waals surface area (Å²) >= 11 is 0. The smallest absolute Gasteiger partial charge is 0.279 e. The molecule has 1 N–H and O–H groups in total. The average molecular weight is 326 g/mol. The summed E-state index contributed by atoms with van der Waals surface area (Å²) in [6.07, 6.45) is 1.91. The molecule has 3 heteroatoms. The van der Waals surface area contributed by atoms with E-state index in [4.69, 9.17) is 0 Å². The number of rotatable bonds is 2. The van der Waals surface area contributed by atoms with Crippen molar-refractivity contribution in [2.75, 3.05) is 0 Å². The predicted octanol–water partition coefficient (Wildman–Crippen LogP) is 2.87. The molecule has 0 spiro atoms. The lowest BCUT2D eigenvalue weighted by Gasteiger charge is -2.01. The summed E-state index contributed by atoms with van der Waals surface area (Å²) in [5, 5.41) is 6.54. The number of fused-ring (bicyclic) bond motifs is 1. The summed E-state index contributed by atoms with van der Waals surface area (Å²) in [5.74, 6) is 0. The third-order valence-corrected chi connectivity index (χ3v) is 4.42. The van der Waals surface area contributed by atoms with Crippen LogP contribution in [0.25, 0.3) is 29.1 Å². The molecular formula is C22H18N2O. The zero-order valence-electron chi connectivity index (χ0n) is 14.0. The molecule has 0 bridgehead atoms. The maximum absolute atomic E-state index is 12.9. The van der Waals surface area contributed by atoms with E-state index in [1.54, 1.807) is 4.68 Å². The molecular weight excluding hydrogens is 308 g/mol. The zero-order chi connectivity index (χ0) is 17.4. The topological polar surface area (TPSA) is 37.8 Å². The van der Waals surface area contributed by atoms with Crippen molar-refractivity contribution in [3.8, 4) is 5.69 Å². The van der Waals surface area contributed by atoms with Gasteiger partial charge >= 0.3 is 0 Å². The van der Waals surface area contributed by atoms with E-state index in [-0.39, 0.29) is 5.56 Å². The van der Waals surface area contributed by atoms with Gasteiger partial charge in [-0.1, -0.05) is 66.7 Å². The quantitative estimate of drug-likeness (QED) is 0.604. The van der Waals surface area contributed by atoms with Gasteiger partial charge in [0.05, 0.1) is 16.3 Å². The third-order valence-electron chi connectivity index (χ3n) is 4.42. The van der Waals surface area contributed by atoms with E-state index in [2.05, 4.69) is 29.9 Å². The van der Waals surface area contributed by atoms with Crippen molar-refractivity contribution in [1.82, 2.24) is 9.78 Å². The lowest BCUT2D eigenvalue weighted by molar-refractivity contribution is 0.838. The number of H-pyrrole nitrogens is 1. The first-order valence-corrected chi connectivity index (χ1v) is 8.20. The molecule has 0 unspecified atom stereocenters. The number of nitrogens with zero attached hydrogens (tertiary/aromatic N) is 1. The molecule has 122 valence electrons. The van der Waals surface area contributed by atoms with Crippen LogP contribution in [0.1, 0.15) is 11.1 Å². The second-order valence-electron chi connectivity index (χ2n) is 6.19. The van der Waals surface area contributed by atoms with E-state index < -0.39 is 0 Å². The Morgan fingerprint density at radius 3 is 2.48 bits per heavy atom. The van der Waals surface area contributed by atoms with Crippen LogP contribution in [0, 0.1) is 6.92 Å². The van der Waals surface area contributed by atoms with Crippen molar-refractivity contribution < 1.29 is 0 Å². The highest BCUT2D eigenvalue weighted by Crippen LogP contribution is 2.18. The molecule has 0 aliphatic heterocycles. The molecule has 0 aliphatic carbocycles. The Balaban J connectivity index is 1.94. The van der Waals surface area contributed by atoms with Gasteiger partial charge in [-0.2, -0.15) is 0 Å². The molecule has 0 saturated heterocycles. The SMILES string of the molecule is C=c1[nH]n(-c2ccc(C)cc2)c(=O)c1=Cc1cccc2ccccc12. The number of aromatic amines is 1. The molecule has 1 aromatic heterocycles. The van der Waals surface area contributed by atoms with Crippen LogP contribution in [-0.2, 0) is 0 Å². The van der Waals surface area contributed by atoms with Gasteiger partial charge in [0, 0.05) is 0 Å². The van der Waals surface area contributed by atoms with Crippen molar-refractivity contribution >= 4 is 23.4 Å². The molecule has 0 saturated carbocycles. The standard InChI is InChI=1S/C22H18N2O/c1-15-10-12-19(13-11-15)24-22(25)21(16(2)23-24)14-18-8-5-7-17-6-3-4-9-20(17)18/h3-14,23H,2H2,1H3. The second-order valence-corrected chi connectivity index (χ2v) is 6.19. The lowest BCUT2D eigenvalue weighted by Crippen LogP contribution is -2.33. The Morgan fingerprint density at radius 1 is 0.960 bits per heavy atom. The lowest BCUT2D eigenvalue weighted by atomic mass is 10.0. The molecule has 3 nitrogen and oxygen atoms in total. The van der Waals surface area contributed by atoms with Crippen molar-refractivity contribution in [3.63, 3.8) is 0 Å². The van der Waals surface area contributed by atoms with Gasteiger partial charge in [0.25, 0.3) is 5.56 Å². The first kappa shape index (κ1) is 15.2. The Bertz CT molecular complexity index is 1220. The van der Waals surface area contributed by atoms with Gasteiger partial charge in [0.15, 0.2) is 0 Å². The Morgan fingerprint density at radius 2 is 1.68 bits per heavy atom. The second kappa shape index (κ2) is 5.95. The number of nitrogens with one attached hydrogen (secondary N) is 1. The fraction of sp³-hybridized carbons (Fsp3) is 0.0455. The molecule has 1 heterocycles. The van der Waals surface area contributed by atoms with E-state index in [1.165, 1.54) is 0 Å². The number of aromatic nitrogens is 2. The molecule has 3 aromatic carbocycles. The van der Waals surface area contributed by atoms with Gasteiger partial charge in [-0.3, -0.25) is 9.89 Å². The van der Waals surface area contributed by atoms with Gasteiger partial charge in [0.2, 0.25) is 0 Å². The molecule has 4 aromatic rings. The van der Waals surface area contributed by atoms with Crippen LogP contribution in [-0.4, -0.2) is 9.78 Å². The monoisotopic (exact) mass is 326 g/mol. The van der Waals surface area contributed by atoms with Gasteiger partial charge in [-0.15, -0.1) is 0 Å². The van der Waals surface area contributed by atoms with Gasteiger partial charge < -0.3 is 0 Å². The summed E-state index contributed by atoms with van der Waals surface area (Å²) in [6, 6.07) is 22.1. The Labute approximate surface area is 145 Å². The summed E-state index contributed by atoms with van der Waals surface area (Å²) < 4.78 is 1.54. The fourth-order valence-corrected chi connectivity index (χ4v) is 3.05. The van der Waals surface area contributed by atoms with Gasteiger partial charge in [-0.25, -0.2) is 4.68 Å². The van der Waals surface area contributed by atoms with Crippen molar-refractivity contribution in [2.24, 2.45) is 0 Å². The first-order chi connectivity index (χ1) is 12.1. The normalized spacial score (nSPS) is 12.0. The van der Waals surface area contributed by atoms with E-state index in [1.807, 2.05) is 61.5 Å². The molecule has 25 heavy (non-hydrogen) atoms. The Hall–Kier alpha value is -3.33. The zero-order valence-corrected chi connectivity index (χ0v) is 14.0. The number of aryl methyl sites for hydroxylation is 1. The fourth-order valence-electron chi connectivity index (χ4n) is 3.05. The summed E-state index contributed by atoms with van der Waals surface area (Å²) in [7, 11) is 0. The highest BCUT2D eigenvalue weighted by atomic mass is 16.1. The van der Waals surface area contributed by atoms with Crippen molar-refractivity contribution in [2.45, 2.75) is 6.92 Å². The molecule has 0 aliphatic rings. The maximum Gasteiger partial charge on any atom is 0.279 e. The van der Waals surface area contributed by atoms with Crippen molar-refractivity contribution in [1.29, 1.82) is 0 Å². The molecule has 0 fully saturated rings. The van der Waals surface area contributed by atoms with E-state index in [0.717, 1.165) is 27.6 Å². The van der Waals surface area contributed by atoms with Crippen molar-refractivity contribution in [3.05, 3.63) is 98.8 Å². The summed E-state index contributed by atoms with van der Waals surface area (Å²) in [6.45, 7) is 6.04. The summed E-state index contributed by atoms with van der Waals surface area (Å²) in [5.41, 5.74) is 2.87. The van der Waals surface area contributed by atoms with E-state index in [0.29, 0.717) is 10.6 Å². The average Bonchev–Trinajstić information content (AvgIpc) is 2.91. The minimum atomic E-state index is -0.0956. The molecule has 0 atom stereocenters. The van der Waals surface area contributed by atoms with Crippen LogP contribution in [0.4, 0.5) is 0 Å². The highest BCUT2D eigenvalue weighted by Gasteiger charge is 2.05. The minimum absolute atomic E-state index is 0.0956. The highest BCUT2D eigenvalue weighted by molar-refractivity contribution is 5.90. The first-order valence-electron chi connectivity index (χ1n) is 8.20. The number of hydrogen-bond donors (Lipinski definition) is 1. The van der Waals surface area contributed by atoms with Crippen LogP contribution in [0.5, 0.6) is 0 Å². The van der Waals surface area contributed by atoms with E-state index >= 15 is 0 Å². The Kier molecular flexibility index (Phi) is 3.62. The number of hydrogen-bond acceptors (Lipinski definition) is 1. The summed E-state index contributed by atoms with van der Waals surface area (Å²) in [4.78, 5) is 12.9. The van der Waals surface area contributed by atoms with Crippen LogP contribution in [0.3, 0.4) is 0 Å². The molecule has 0 radical (unpaired) electrons. The predicted molar refractivity (Wildman–Crippen MR) is 103 cm³/mol. The van der Waals surface area contributed by atoms with Crippen LogP contribution < -0.4 is 16.1 Å². The van der Waals surface area contributed by atoms with Crippen LogP contribution in [0.2, 0.25) is 0 Å². The van der Waals surface area contributed by atoms with E-state index in [9.17, 15) is 4.79 Å². The maximum atomic E-state index is 12.9. The largest absolute Gasteiger partial charge is 0.291 e. The number of benzene rings is 3. The molecule has 4 rings (SSSR count). The van der Waals surface area contributed by atoms with Gasteiger partial charge in [-0.05, 0) is 41.5 Å². The third kappa shape index (κ3) is 2.70. The minimum Gasteiger partial charge on any atom is -0.291 e.